The van der Waals surface area contributed by atoms with Gasteiger partial charge in [0.2, 0.25) is 12.1 Å². The fourth-order valence-corrected chi connectivity index (χ4v) is 7.49. The van der Waals surface area contributed by atoms with Gasteiger partial charge >= 0.3 is 0 Å². The Balaban J connectivity index is 1.61. The Morgan fingerprint density at radius 3 is 2.08 bits per heavy atom. The minimum absolute atomic E-state index is 0.477. The number of ether oxygens (including phenoxy) is 4. The van der Waals surface area contributed by atoms with Crippen molar-refractivity contribution in [1.29, 1.82) is 0 Å². The van der Waals surface area contributed by atoms with Gasteiger partial charge < -0.3 is 75.1 Å². The van der Waals surface area contributed by atoms with Gasteiger partial charge in [0, 0.05) is 17.6 Å². The van der Waals surface area contributed by atoms with Gasteiger partial charge in [-0.2, -0.15) is 12.6 Å². The predicted octanol–water partition coefficient (Wildman–Crippen LogP) is -4.91. The standard InChI is InChI=1S/C31H36O18S/c1-29(44)8-30(49-27-23(41)21(39)19(37)12(6-32)46-27)14(48-28-24(50)22(40)20(38)13(7-33)47-28)5-10-16(31(30,45)26(43)25(29)42)18(36)9-3-2-4-11(34)15(9)17(10)35/h2-5,12-13,19-25,27-28,32-34,37-42,44-45,50H,6-8H2,1H3/t12?,13?,19?,20?,21?,22?,23?,24?,25-,27?,28?,29-,30+,31+/m1/s1. The van der Waals surface area contributed by atoms with Crippen LogP contribution in [0.4, 0.5) is 0 Å². The maximum atomic E-state index is 14.3. The van der Waals surface area contributed by atoms with Gasteiger partial charge in [0.25, 0.3) is 0 Å². The van der Waals surface area contributed by atoms with Gasteiger partial charge in [-0.3, -0.25) is 14.4 Å². The number of thiol groups is 1. The Bertz CT molecular complexity index is 1660. The second-order valence-corrected chi connectivity index (χ2v) is 13.7. The van der Waals surface area contributed by atoms with E-state index in [4.69, 9.17) is 18.9 Å². The van der Waals surface area contributed by atoms with Crippen molar-refractivity contribution in [1.82, 2.24) is 0 Å². The molecule has 274 valence electrons. The normalized spacial score (nSPS) is 44.7. The summed E-state index contributed by atoms with van der Waals surface area (Å²) in [6, 6.07) is 3.41. The van der Waals surface area contributed by atoms with Gasteiger partial charge in [0.15, 0.2) is 29.1 Å². The van der Waals surface area contributed by atoms with Crippen molar-refractivity contribution in [3.05, 3.63) is 52.3 Å². The summed E-state index contributed by atoms with van der Waals surface area (Å²) in [6.45, 7) is -0.887. The molecule has 0 bridgehead atoms. The largest absolute Gasteiger partial charge is 0.507 e. The van der Waals surface area contributed by atoms with Crippen molar-refractivity contribution in [2.45, 2.75) is 96.8 Å². The first-order chi connectivity index (χ1) is 23.4. The van der Waals surface area contributed by atoms with E-state index in [1.54, 1.807) is 0 Å². The van der Waals surface area contributed by atoms with Crippen LogP contribution in [0.2, 0.25) is 0 Å². The fourth-order valence-electron chi connectivity index (χ4n) is 7.18. The van der Waals surface area contributed by atoms with Crippen molar-refractivity contribution in [3.63, 3.8) is 0 Å². The summed E-state index contributed by atoms with van der Waals surface area (Å²) in [5.41, 5.74) is -11.9. The summed E-state index contributed by atoms with van der Waals surface area (Å²) in [7, 11) is 0. The Kier molecular flexibility index (Phi) is 9.35. The molecule has 0 radical (unpaired) electrons. The van der Waals surface area contributed by atoms with E-state index < -0.39 is 154 Å². The first-order valence-electron chi connectivity index (χ1n) is 15.4. The highest BCUT2D eigenvalue weighted by atomic mass is 32.1. The molecule has 18 nitrogen and oxygen atoms in total. The lowest BCUT2D eigenvalue weighted by Crippen LogP contribution is -2.77. The average Bonchev–Trinajstić information content (AvgIpc) is 3.07. The van der Waals surface area contributed by atoms with E-state index in [1.165, 1.54) is 6.07 Å². The zero-order chi connectivity index (χ0) is 36.8. The number of ketones is 3. The number of fused-ring (bicyclic) bond motifs is 3. The second kappa shape index (κ2) is 12.7. The van der Waals surface area contributed by atoms with Gasteiger partial charge in [-0.25, -0.2) is 0 Å². The zero-order valence-electron chi connectivity index (χ0n) is 26.0. The van der Waals surface area contributed by atoms with E-state index in [1.807, 2.05) is 0 Å². The van der Waals surface area contributed by atoms with Crippen LogP contribution in [0.1, 0.15) is 34.1 Å². The number of hydrogen-bond donors (Lipinski definition) is 12. The topological polar surface area (TPSA) is 311 Å². The summed E-state index contributed by atoms with van der Waals surface area (Å²) >= 11 is 4.24. The molecular formula is C31H36O18S. The maximum Gasteiger partial charge on any atom is 0.214 e. The molecule has 2 saturated heterocycles. The molecule has 1 saturated carbocycles. The Labute approximate surface area is 287 Å². The molecule has 14 atom stereocenters. The van der Waals surface area contributed by atoms with Gasteiger partial charge in [-0.05, 0) is 19.1 Å². The minimum Gasteiger partial charge on any atom is -0.507 e. The van der Waals surface area contributed by atoms with Gasteiger partial charge in [-0.15, -0.1) is 0 Å². The highest BCUT2D eigenvalue weighted by Gasteiger charge is 2.75. The lowest BCUT2D eigenvalue weighted by atomic mass is 9.55. The van der Waals surface area contributed by atoms with E-state index in [0.717, 1.165) is 25.1 Å². The van der Waals surface area contributed by atoms with Gasteiger partial charge in [0.1, 0.15) is 60.3 Å². The van der Waals surface area contributed by atoms with Crippen LogP contribution in [0.3, 0.4) is 0 Å². The minimum atomic E-state index is -3.54. The molecule has 1 aromatic carbocycles. The van der Waals surface area contributed by atoms with Crippen LogP contribution in [-0.4, -0.2) is 170 Å². The van der Waals surface area contributed by atoms with Crippen molar-refractivity contribution in [3.8, 4) is 5.75 Å². The number of carbonyl (C=O) groups is 3. The molecule has 0 spiro atoms. The molecule has 2 aliphatic heterocycles. The zero-order valence-corrected chi connectivity index (χ0v) is 26.9. The number of aliphatic hydroxyl groups excluding tert-OH is 8. The number of carbonyl (C=O) groups excluding carboxylic acids is 3. The van der Waals surface area contributed by atoms with Crippen molar-refractivity contribution < 1.29 is 89.5 Å². The number of benzene rings is 1. The third kappa shape index (κ3) is 5.11. The maximum absolute atomic E-state index is 14.3. The van der Waals surface area contributed by atoms with Crippen LogP contribution in [0, 0.1) is 0 Å². The lowest BCUT2D eigenvalue weighted by molar-refractivity contribution is -0.353. The van der Waals surface area contributed by atoms with Crippen LogP contribution in [0.25, 0.3) is 0 Å². The third-order valence-electron chi connectivity index (χ3n) is 9.93. The van der Waals surface area contributed by atoms with Crippen molar-refractivity contribution in [2.24, 2.45) is 0 Å². The van der Waals surface area contributed by atoms with Crippen molar-refractivity contribution in [2.75, 3.05) is 13.2 Å². The molecule has 50 heavy (non-hydrogen) atoms. The SMILES string of the molecule is C[C@@]1(O)C[C@]2(OC3OC(CO)C(O)C(O)C3O)C(OC3OC(CO)C(O)C(O)C3S)=CC3=C(C(=O)c4cccc(O)c4C3=O)[C@]2(O)C(=O)[C@H]1O. The molecular weight excluding hydrogens is 692 g/mol. The first-order valence-corrected chi connectivity index (χ1v) is 15.9. The number of Topliss-reactive ketones (excluding diaryl/α,β-unsaturated/α-hetero) is 3. The van der Waals surface area contributed by atoms with Gasteiger partial charge in [-0.1, -0.05) is 12.1 Å². The highest BCUT2D eigenvalue weighted by molar-refractivity contribution is 7.81. The summed E-state index contributed by atoms with van der Waals surface area (Å²) in [5.74, 6) is -5.58. The second-order valence-electron chi connectivity index (χ2n) is 13.1. The molecule has 10 unspecified atom stereocenters. The lowest BCUT2D eigenvalue weighted by Gasteiger charge is -2.58. The van der Waals surface area contributed by atoms with Crippen LogP contribution < -0.4 is 0 Å². The molecule has 6 rings (SSSR count). The smallest absolute Gasteiger partial charge is 0.214 e. The van der Waals surface area contributed by atoms with Crippen molar-refractivity contribution >= 4 is 30.0 Å². The van der Waals surface area contributed by atoms with E-state index in [0.29, 0.717) is 0 Å². The number of hydrogen-bond acceptors (Lipinski definition) is 19. The molecule has 0 amide bonds. The average molecular weight is 729 g/mol. The monoisotopic (exact) mass is 728 g/mol. The Morgan fingerprint density at radius 1 is 0.860 bits per heavy atom. The fraction of sp³-hybridized carbons (Fsp3) is 0.581. The first kappa shape index (κ1) is 36.9. The molecule has 11 N–H and O–H groups in total. The molecule has 5 aliphatic rings. The summed E-state index contributed by atoms with van der Waals surface area (Å²) in [6.07, 6.45) is -19.7. The predicted molar refractivity (Wildman–Crippen MR) is 162 cm³/mol. The molecule has 3 aliphatic carbocycles. The molecule has 0 aromatic heterocycles. The summed E-state index contributed by atoms with van der Waals surface area (Å²) in [5, 5.41) is 117. The third-order valence-corrected chi connectivity index (χ3v) is 10.5. The van der Waals surface area contributed by atoms with Crippen LogP contribution >= 0.6 is 12.6 Å². The van der Waals surface area contributed by atoms with Gasteiger partial charge in [0.05, 0.1) is 35.2 Å². The number of aromatic hydroxyl groups is 1. The Morgan fingerprint density at radius 2 is 1.46 bits per heavy atom. The summed E-state index contributed by atoms with van der Waals surface area (Å²) in [4.78, 5) is 42.5. The Hall–Kier alpha value is -2.86. The van der Waals surface area contributed by atoms with E-state index >= 15 is 0 Å². The highest BCUT2D eigenvalue weighted by Crippen LogP contribution is 2.57. The van der Waals surface area contributed by atoms with Crippen LogP contribution in [0.15, 0.2) is 41.2 Å². The summed E-state index contributed by atoms with van der Waals surface area (Å²) < 4.78 is 23.2. The van der Waals surface area contributed by atoms with E-state index in [2.05, 4.69) is 12.6 Å². The number of phenols is 1. The molecule has 2 heterocycles. The number of allylic oxidation sites excluding steroid dienone is 2. The van der Waals surface area contributed by atoms with E-state index in [9.17, 15) is 70.6 Å². The molecule has 1 aromatic rings. The van der Waals surface area contributed by atoms with Crippen LogP contribution in [-0.2, 0) is 23.7 Å². The number of aliphatic hydroxyl groups is 10. The van der Waals surface area contributed by atoms with E-state index in [-0.39, 0.29) is 0 Å². The molecule has 19 heteroatoms. The quantitative estimate of drug-likeness (QED) is 0.122. The molecule has 3 fully saturated rings. The number of phenolic OH excluding ortho intramolecular Hbond substituents is 1. The van der Waals surface area contributed by atoms with Crippen LogP contribution in [0.5, 0.6) is 5.75 Å². The number of rotatable bonds is 6.